The molecule has 0 aromatic carbocycles. The van der Waals surface area contributed by atoms with Crippen molar-refractivity contribution in [2.24, 2.45) is 11.3 Å². The summed E-state index contributed by atoms with van der Waals surface area (Å²) in [4.78, 5) is 0. The molecule has 1 heteroatoms. The number of hydrogen-bond donors (Lipinski definition) is 0. The smallest absolute Gasteiger partial charge is 0.0898 e. The van der Waals surface area contributed by atoms with Gasteiger partial charge in [0, 0.05) is 0 Å². The molecule has 0 radical (unpaired) electrons. The molecule has 0 aromatic rings. The van der Waals surface area contributed by atoms with Gasteiger partial charge in [-0.2, -0.15) is 0 Å². The van der Waals surface area contributed by atoms with E-state index in [1.54, 1.807) is 0 Å². The zero-order chi connectivity index (χ0) is 6.06. The van der Waals surface area contributed by atoms with E-state index in [1.165, 1.54) is 19.3 Å². The Morgan fingerprint density at radius 2 is 2.44 bits per heavy atom. The Kier molecular flexibility index (Phi) is 0.563. The summed E-state index contributed by atoms with van der Waals surface area (Å²) in [7, 11) is 0. The van der Waals surface area contributed by atoms with E-state index in [1.807, 2.05) is 0 Å². The molecule has 3 aliphatic rings. The van der Waals surface area contributed by atoms with E-state index in [-0.39, 0.29) is 0 Å². The molecule has 3 rings (SSSR count). The molecule has 2 bridgehead atoms. The molecule has 50 valence electrons. The number of hydrogen-bond acceptors (Lipinski definition) is 1. The molecule has 0 N–H and O–H groups in total. The van der Waals surface area contributed by atoms with Gasteiger partial charge in [-0.1, -0.05) is 6.92 Å². The summed E-state index contributed by atoms with van der Waals surface area (Å²) in [5, 5.41) is 0. The van der Waals surface area contributed by atoms with Crippen LogP contribution in [0.15, 0.2) is 0 Å². The third-order valence-electron chi connectivity index (χ3n) is 3.49. The molecule has 3 fully saturated rings. The second-order valence-corrected chi connectivity index (χ2v) is 4.18. The summed E-state index contributed by atoms with van der Waals surface area (Å²) in [6.07, 6.45) is 5.73. The molecular formula is C8H12O. The first-order chi connectivity index (χ1) is 4.30. The van der Waals surface area contributed by atoms with Gasteiger partial charge in [0.15, 0.2) is 0 Å². The number of ether oxygens (including phenoxy) is 1. The standard InChI is InChI=1S/C8H12O/c1-8-3-2-5(4-8)6-7(8)9-6/h5-7H,2-4H2,1H3. The van der Waals surface area contributed by atoms with Gasteiger partial charge in [0.25, 0.3) is 0 Å². The van der Waals surface area contributed by atoms with Crippen molar-refractivity contribution in [2.45, 2.75) is 38.4 Å². The Hall–Kier alpha value is -0.0400. The molecule has 4 unspecified atom stereocenters. The fraction of sp³-hybridized carbons (Fsp3) is 1.00. The lowest BCUT2D eigenvalue weighted by molar-refractivity contribution is 0.196. The van der Waals surface area contributed by atoms with Crippen molar-refractivity contribution in [3.8, 4) is 0 Å². The van der Waals surface area contributed by atoms with Crippen molar-refractivity contribution in [1.82, 2.24) is 0 Å². The highest BCUT2D eigenvalue weighted by molar-refractivity contribution is 5.13. The summed E-state index contributed by atoms with van der Waals surface area (Å²) in [6, 6.07) is 0. The highest BCUT2D eigenvalue weighted by Gasteiger charge is 2.65. The molecule has 2 aliphatic carbocycles. The quantitative estimate of drug-likeness (QED) is 0.446. The van der Waals surface area contributed by atoms with Crippen molar-refractivity contribution in [1.29, 1.82) is 0 Å². The monoisotopic (exact) mass is 124 g/mol. The largest absolute Gasteiger partial charge is 0.369 e. The fourth-order valence-corrected chi connectivity index (χ4v) is 2.90. The first-order valence-corrected chi connectivity index (χ1v) is 3.95. The lowest BCUT2D eigenvalue weighted by Crippen LogP contribution is -2.17. The molecule has 1 nitrogen and oxygen atoms in total. The van der Waals surface area contributed by atoms with Gasteiger partial charge >= 0.3 is 0 Å². The van der Waals surface area contributed by atoms with Crippen LogP contribution < -0.4 is 0 Å². The Labute approximate surface area is 55.4 Å². The molecule has 1 aliphatic heterocycles. The maximum Gasteiger partial charge on any atom is 0.0898 e. The first kappa shape index (κ1) is 4.73. The highest BCUT2D eigenvalue weighted by Crippen LogP contribution is 2.63. The summed E-state index contributed by atoms with van der Waals surface area (Å²) in [5.74, 6) is 0.958. The van der Waals surface area contributed by atoms with Crippen LogP contribution in [0.4, 0.5) is 0 Å². The average Bonchev–Trinajstić information content (AvgIpc) is 2.49. The minimum Gasteiger partial charge on any atom is -0.369 e. The summed E-state index contributed by atoms with van der Waals surface area (Å²) in [6.45, 7) is 2.39. The first-order valence-electron chi connectivity index (χ1n) is 3.95. The predicted octanol–water partition coefficient (Wildman–Crippen LogP) is 1.57. The van der Waals surface area contributed by atoms with E-state index in [0.29, 0.717) is 17.6 Å². The van der Waals surface area contributed by atoms with Crippen molar-refractivity contribution < 1.29 is 4.74 Å². The van der Waals surface area contributed by atoms with Crippen LogP contribution in [0.5, 0.6) is 0 Å². The van der Waals surface area contributed by atoms with E-state index in [4.69, 9.17) is 4.74 Å². The minimum atomic E-state index is 0.620. The van der Waals surface area contributed by atoms with Crippen molar-refractivity contribution in [3.63, 3.8) is 0 Å². The average molecular weight is 124 g/mol. The second-order valence-electron chi connectivity index (χ2n) is 4.18. The van der Waals surface area contributed by atoms with Crippen LogP contribution in [-0.2, 0) is 4.74 Å². The minimum absolute atomic E-state index is 0.620. The second kappa shape index (κ2) is 1.07. The van der Waals surface area contributed by atoms with Crippen LogP contribution in [0.3, 0.4) is 0 Å². The Morgan fingerprint density at radius 1 is 1.56 bits per heavy atom. The normalized spacial score (nSPS) is 68.3. The summed E-state index contributed by atoms with van der Waals surface area (Å²) < 4.78 is 5.54. The van der Waals surface area contributed by atoms with Crippen LogP contribution >= 0.6 is 0 Å². The van der Waals surface area contributed by atoms with Gasteiger partial charge in [0.1, 0.15) is 0 Å². The summed E-state index contributed by atoms with van der Waals surface area (Å²) >= 11 is 0. The fourth-order valence-electron chi connectivity index (χ4n) is 2.90. The number of rotatable bonds is 0. The molecule has 1 heterocycles. The van der Waals surface area contributed by atoms with Gasteiger partial charge in [-0.25, -0.2) is 0 Å². The van der Waals surface area contributed by atoms with Crippen LogP contribution in [0, 0.1) is 11.3 Å². The molecule has 0 amide bonds. The van der Waals surface area contributed by atoms with Gasteiger partial charge in [-0.3, -0.25) is 0 Å². The van der Waals surface area contributed by atoms with Crippen molar-refractivity contribution >= 4 is 0 Å². The lowest BCUT2D eigenvalue weighted by Gasteiger charge is -2.17. The summed E-state index contributed by atoms with van der Waals surface area (Å²) in [5.41, 5.74) is 0.620. The third kappa shape index (κ3) is 0.389. The molecule has 4 atom stereocenters. The van der Waals surface area contributed by atoms with E-state index < -0.39 is 0 Å². The third-order valence-corrected chi connectivity index (χ3v) is 3.49. The Bertz CT molecular complexity index is 164. The van der Waals surface area contributed by atoms with Gasteiger partial charge in [-0.05, 0) is 30.6 Å². The Balaban J connectivity index is 2.05. The van der Waals surface area contributed by atoms with Crippen LogP contribution in [0.1, 0.15) is 26.2 Å². The van der Waals surface area contributed by atoms with E-state index in [9.17, 15) is 0 Å². The van der Waals surface area contributed by atoms with E-state index in [2.05, 4.69) is 6.92 Å². The molecule has 2 saturated carbocycles. The molecule has 0 spiro atoms. The molecule has 0 aromatic heterocycles. The number of epoxide rings is 1. The SMILES string of the molecule is CC12CCC(C1)C1OC12. The highest BCUT2D eigenvalue weighted by atomic mass is 16.6. The molecule has 1 saturated heterocycles. The Morgan fingerprint density at radius 3 is 2.89 bits per heavy atom. The van der Waals surface area contributed by atoms with Gasteiger partial charge < -0.3 is 4.74 Å². The van der Waals surface area contributed by atoms with E-state index in [0.717, 1.165) is 5.92 Å². The van der Waals surface area contributed by atoms with Gasteiger partial charge in [-0.15, -0.1) is 0 Å². The topological polar surface area (TPSA) is 12.5 Å². The van der Waals surface area contributed by atoms with Crippen LogP contribution in [0.2, 0.25) is 0 Å². The lowest BCUT2D eigenvalue weighted by atomic mass is 9.86. The zero-order valence-electron chi connectivity index (χ0n) is 5.76. The number of fused-ring (bicyclic) bond motifs is 5. The van der Waals surface area contributed by atoms with Crippen LogP contribution in [0.25, 0.3) is 0 Å². The van der Waals surface area contributed by atoms with Gasteiger partial charge in [0.05, 0.1) is 12.2 Å². The maximum absolute atomic E-state index is 5.54. The van der Waals surface area contributed by atoms with Crippen molar-refractivity contribution in [2.75, 3.05) is 0 Å². The van der Waals surface area contributed by atoms with Crippen molar-refractivity contribution in [3.05, 3.63) is 0 Å². The van der Waals surface area contributed by atoms with Gasteiger partial charge in [0.2, 0.25) is 0 Å². The molecular weight excluding hydrogens is 112 g/mol. The zero-order valence-corrected chi connectivity index (χ0v) is 5.76. The molecule has 9 heavy (non-hydrogen) atoms. The van der Waals surface area contributed by atoms with E-state index >= 15 is 0 Å². The maximum atomic E-state index is 5.54. The van der Waals surface area contributed by atoms with Crippen LogP contribution in [-0.4, -0.2) is 12.2 Å². The predicted molar refractivity (Wildman–Crippen MR) is 34.1 cm³/mol.